The van der Waals surface area contributed by atoms with Crippen LogP contribution in [0.25, 0.3) is 0 Å². The molecular formula is C21H32N2O2. The van der Waals surface area contributed by atoms with E-state index in [2.05, 4.69) is 46.8 Å². The first-order valence-electron chi connectivity index (χ1n) is 9.40. The molecule has 0 atom stereocenters. The lowest BCUT2D eigenvalue weighted by atomic mass is 9.98. The summed E-state index contributed by atoms with van der Waals surface area (Å²) in [5.41, 5.74) is 4.79. The Morgan fingerprint density at radius 2 is 1.44 bits per heavy atom. The van der Waals surface area contributed by atoms with E-state index in [0.717, 1.165) is 25.1 Å². The average molecular weight is 344 g/mol. The number of rotatable bonds is 4. The molecule has 4 nitrogen and oxygen atoms in total. The van der Waals surface area contributed by atoms with Crippen molar-refractivity contribution in [2.75, 3.05) is 26.2 Å². The number of nitrogens with zero attached hydrogens (tertiary/aromatic N) is 2. The predicted octanol–water partition coefficient (Wildman–Crippen LogP) is 3.26. The summed E-state index contributed by atoms with van der Waals surface area (Å²) in [6.07, 6.45) is 1.91. The standard InChI is InChI=1S/C21H32N2O2/c1-15(2)11-20(24)22-7-6-8-23(10-9-22)21(25)14-19-13-17(4)16(3)12-18(19)5/h12-13,15H,6-11,14H2,1-5H3. The van der Waals surface area contributed by atoms with Gasteiger partial charge in [-0.3, -0.25) is 9.59 Å². The van der Waals surface area contributed by atoms with Gasteiger partial charge in [-0.15, -0.1) is 0 Å². The Bertz CT molecular complexity index is 637. The third kappa shape index (κ3) is 5.32. The molecule has 4 heteroatoms. The summed E-state index contributed by atoms with van der Waals surface area (Å²) in [5, 5.41) is 0. The van der Waals surface area contributed by atoms with Crippen molar-refractivity contribution in [1.29, 1.82) is 0 Å². The molecule has 0 N–H and O–H groups in total. The second-order valence-corrected chi connectivity index (χ2v) is 7.75. The van der Waals surface area contributed by atoms with Crippen molar-refractivity contribution in [1.82, 2.24) is 9.80 Å². The zero-order chi connectivity index (χ0) is 18.6. The number of hydrogen-bond donors (Lipinski definition) is 0. The molecule has 0 aliphatic carbocycles. The second-order valence-electron chi connectivity index (χ2n) is 7.75. The molecule has 0 unspecified atom stereocenters. The number of aryl methyl sites for hydroxylation is 3. The SMILES string of the molecule is Cc1cc(C)c(CC(=O)N2CCCN(C(=O)CC(C)C)CC2)cc1C. The van der Waals surface area contributed by atoms with Crippen LogP contribution in [0.2, 0.25) is 0 Å². The van der Waals surface area contributed by atoms with Crippen LogP contribution in [0.4, 0.5) is 0 Å². The molecule has 138 valence electrons. The van der Waals surface area contributed by atoms with Crippen molar-refractivity contribution >= 4 is 11.8 Å². The minimum absolute atomic E-state index is 0.171. The maximum atomic E-state index is 12.7. The van der Waals surface area contributed by atoms with Gasteiger partial charge >= 0.3 is 0 Å². The van der Waals surface area contributed by atoms with E-state index in [-0.39, 0.29) is 11.8 Å². The van der Waals surface area contributed by atoms with Crippen LogP contribution in [-0.2, 0) is 16.0 Å². The van der Waals surface area contributed by atoms with Gasteiger partial charge in [-0.1, -0.05) is 26.0 Å². The van der Waals surface area contributed by atoms with Crippen LogP contribution in [0.15, 0.2) is 12.1 Å². The Morgan fingerprint density at radius 1 is 0.880 bits per heavy atom. The molecule has 0 spiro atoms. The zero-order valence-corrected chi connectivity index (χ0v) is 16.4. The molecule has 25 heavy (non-hydrogen) atoms. The summed E-state index contributed by atoms with van der Waals surface area (Å²) in [5.74, 6) is 0.764. The average Bonchev–Trinajstić information content (AvgIpc) is 2.78. The summed E-state index contributed by atoms with van der Waals surface area (Å²) in [6.45, 7) is 13.2. The first kappa shape index (κ1) is 19.5. The molecule has 1 saturated heterocycles. The summed E-state index contributed by atoms with van der Waals surface area (Å²) in [4.78, 5) is 28.9. The fraction of sp³-hybridized carbons (Fsp3) is 0.619. The first-order chi connectivity index (χ1) is 11.8. The van der Waals surface area contributed by atoms with Gasteiger partial charge in [0.2, 0.25) is 11.8 Å². The molecule has 0 bridgehead atoms. The van der Waals surface area contributed by atoms with Crippen LogP contribution in [0, 0.1) is 26.7 Å². The van der Waals surface area contributed by atoms with Crippen LogP contribution >= 0.6 is 0 Å². The Kier molecular flexibility index (Phi) is 6.63. The molecule has 0 saturated carbocycles. The van der Waals surface area contributed by atoms with Gasteiger partial charge in [0.15, 0.2) is 0 Å². The van der Waals surface area contributed by atoms with E-state index in [0.29, 0.717) is 31.8 Å². The number of carbonyl (C=O) groups is 2. The van der Waals surface area contributed by atoms with Gasteiger partial charge in [0, 0.05) is 32.6 Å². The number of amides is 2. The topological polar surface area (TPSA) is 40.6 Å². The van der Waals surface area contributed by atoms with Gasteiger partial charge in [-0.05, 0) is 55.4 Å². The van der Waals surface area contributed by atoms with Crippen LogP contribution in [0.5, 0.6) is 0 Å². The minimum atomic E-state index is 0.171. The van der Waals surface area contributed by atoms with Gasteiger partial charge in [-0.2, -0.15) is 0 Å². The minimum Gasteiger partial charge on any atom is -0.341 e. The fourth-order valence-corrected chi connectivity index (χ4v) is 3.38. The Hall–Kier alpha value is -1.84. The lowest BCUT2D eigenvalue weighted by molar-refractivity contribution is -0.133. The van der Waals surface area contributed by atoms with E-state index in [1.165, 1.54) is 16.7 Å². The highest BCUT2D eigenvalue weighted by Gasteiger charge is 2.22. The number of hydrogen-bond acceptors (Lipinski definition) is 2. The van der Waals surface area contributed by atoms with Gasteiger partial charge < -0.3 is 9.80 Å². The molecule has 1 fully saturated rings. The molecule has 0 radical (unpaired) electrons. The summed E-state index contributed by atoms with van der Waals surface area (Å²) >= 11 is 0. The Labute approximate surface area is 152 Å². The van der Waals surface area contributed by atoms with Crippen molar-refractivity contribution in [3.8, 4) is 0 Å². The maximum absolute atomic E-state index is 12.7. The van der Waals surface area contributed by atoms with Crippen LogP contribution < -0.4 is 0 Å². The normalized spacial score (nSPS) is 15.4. The summed E-state index contributed by atoms with van der Waals surface area (Å²) in [6, 6.07) is 4.30. The highest BCUT2D eigenvalue weighted by atomic mass is 16.2. The largest absolute Gasteiger partial charge is 0.341 e. The van der Waals surface area contributed by atoms with Crippen molar-refractivity contribution in [3.05, 3.63) is 34.4 Å². The summed E-state index contributed by atoms with van der Waals surface area (Å²) < 4.78 is 0. The zero-order valence-electron chi connectivity index (χ0n) is 16.4. The highest BCUT2D eigenvalue weighted by molar-refractivity contribution is 5.80. The molecular weight excluding hydrogens is 312 g/mol. The fourth-order valence-electron chi connectivity index (χ4n) is 3.38. The van der Waals surface area contributed by atoms with Gasteiger partial charge in [0.25, 0.3) is 0 Å². The smallest absolute Gasteiger partial charge is 0.227 e. The Morgan fingerprint density at radius 3 is 2.04 bits per heavy atom. The molecule has 1 aliphatic rings. The lowest BCUT2D eigenvalue weighted by Crippen LogP contribution is -2.38. The van der Waals surface area contributed by atoms with E-state index in [9.17, 15) is 9.59 Å². The third-order valence-electron chi connectivity index (χ3n) is 5.08. The van der Waals surface area contributed by atoms with E-state index < -0.39 is 0 Å². The van der Waals surface area contributed by atoms with Gasteiger partial charge in [-0.25, -0.2) is 0 Å². The van der Waals surface area contributed by atoms with E-state index in [1.54, 1.807) is 0 Å². The van der Waals surface area contributed by atoms with E-state index in [1.807, 2.05) is 9.80 Å². The summed E-state index contributed by atoms with van der Waals surface area (Å²) in [7, 11) is 0. The molecule has 1 aliphatic heterocycles. The molecule has 1 aromatic carbocycles. The third-order valence-corrected chi connectivity index (χ3v) is 5.08. The van der Waals surface area contributed by atoms with Gasteiger partial charge in [0.05, 0.1) is 6.42 Å². The molecule has 1 heterocycles. The second kappa shape index (κ2) is 8.50. The van der Waals surface area contributed by atoms with Crippen LogP contribution in [0.3, 0.4) is 0 Å². The van der Waals surface area contributed by atoms with Crippen molar-refractivity contribution in [2.45, 2.75) is 53.9 Å². The lowest BCUT2D eigenvalue weighted by Gasteiger charge is -2.23. The quantitative estimate of drug-likeness (QED) is 0.841. The number of benzene rings is 1. The molecule has 1 aromatic rings. The van der Waals surface area contributed by atoms with E-state index >= 15 is 0 Å². The van der Waals surface area contributed by atoms with Gasteiger partial charge in [0.1, 0.15) is 0 Å². The van der Waals surface area contributed by atoms with Crippen molar-refractivity contribution in [2.24, 2.45) is 5.92 Å². The predicted molar refractivity (Wildman–Crippen MR) is 102 cm³/mol. The molecule has 2 rings (SSSR count). The molecule has 0 aromatic heterocycles. The van der Waals surface area contributed by atoms with E-state index in [4.69, 9.17) is 0 Å². The maximum Gasteiger partial charge on any atom is 0.227 e. The van der Waals surface area contributed by atoms with Crippen LogP contribution in [0.1, 0.15) is 48.9 Å². The monoisotopic (exact) mass is 344 g/mol. The van der Waals surface area contributed by atoms with Crippen molar-refractivity contribution < 1.29 is 9.59 Å². The highest BCUT2D eigenvalue weighted by Crippen LogP contribution is 2.17. The first-order valence-corrected chi connectivity index (χ1v) is 9.40. The van der Waals surface area contributed by atoms with Crippen LogP contribution in [-0.4, -0.2) is 47.8 Å². The molecule has 2 amide bonds. The van der Waals surface area contributed by atoms with Crippen molar-refractivity contribution in [3.63, 3.8) is 0 Å². The Balaban J connectivity index is 1.97. The number of carbonyl (C=O) groups excluding carboxylic acids is 2.